The van der Waals surface area contributed by atoms with Crippen LogP contribution >= 0.6 is 0 Å². The fourth-order valence-corrected chi connectivity index (χ4v) is 2.65. The first-order valence-corrected chi connectivity index (χ1v) is 7.93. The van der Waals surface area contributed by atoms with E-state index in [0.29, 0.717) is 29.9 Å². The number of benzene rings is 1. The van der Waals surface area contributed by atoms with Crippen LogP contribution in [0.3, 0.4) is 0 Å². The number of hydrogen-bond donors (Lipinski definition) is 2. The summed E-state index contributed by atoms with van der Waals surface area (Å²) >= 11 is 0. The van der Waals surface area contributed by atoms with E-state index >= 15 is 0 Å². The number of carbonyl (C=O) groups is 2. The first-order valence-electron chi connectivity index (χ1n) is 7.93. The second kappa shape index (κ2) is 8.53. The summed E-state index contributed by atoms with van der Waals surface area (Å²) in [5.41, 5.74) is 0.466. The molecule has 0 atom stereocenters. The third kappa shape index (κ3) is 5.56. The molecule has 2 rings (SSSR count). The van der Waals surface area contributed by atoms with Crippen molar-refractivity contribution in [2.75, 3.05) is 19.8 Å². The largest absolute Gasteiger partial charge is 0.482 e. The van der Waals surface area contributed by atoms with Gasteiger partial charge in [-0.1, -0.05) is 6.07 Å². The van der Waals surface area contributed by atoms with Crippen LogP contribution in [0.4, 0.5) is 0 Å². The second-order valence-electron chi connectivity index (χ2n) is 5.67. The molecule has 1 aromatic carbocycles. The van der Waals surface area contributed by atoms with Crippen molar-refractivity contribution in [2.24, 2.45) is 5.92 Å². The van der Waals surface area contributed by atoms with Gasteiger partial charge in [-0.25, -0.2) is 4.79 Å². The Bertz CT molecular complexity index is 540. The number of carbonyl (C=O) groups excluding carboxylic acids is 1. The molecular weight excluding hydrogens is 298 g/mol. The van der Waals surface area contributed by atoms with E-state index in [0.717, 1.165) is 25.9 Å². The smallest absolute Gasteiger partial charge is 0.341 e. The predicted octanol–water partition coefficient (Wildman–Crippen LogP) is 2.08. The van der Waals surface area contributed by atoms with Crippen molar-refractivity contribution >= 4 is 11.9 Å². The van der Waals surface area contributed by atoms with E-state index in [-0.39, 0.29) is 5.91 Å². The molecule has 0 bridgehead atoms. The topological polar surface area (TPSA) is 84.9 Å². The molecule has 0 aromatic heterocycles. The number of amides is 1. The molecule has 0 unspecified atom stereocenters. The summed E-state index contributed by atoms with van der Waals surface area (Å²) in [6, 6.07) is 6.52. The van der Waals surface area contributed by atoms with E-state index in [1.54, 1.807) is 24.3 Å². The summed E-state index contributed by atoms with van der Waals surface area (Å²) in [5, 5.41) is 11.5. The molecule has 1 aliphatic rings. The normalized spacial score (nSPS) is 19.7. The van der Waals surface area contributed by atoms with E-state index < -0.39 is 12.6 Å². The van der Waals surface area contributed by atoms with Crippen molar-refractivity contribution in [2.45, 2.75) is 32.3 Å². The Hall–Kier alpha value is -2.08. The van der Waals surface area contributed by atoms with E-state index in [1.807, 2.05) is 6.92 Å². The zero-order chi connectivity index (χ0) is 16.7. The minimum atomic E-state index is -1.05. The van der Waals surface area contributed by atoms with E-state index in [2.05, 4.69) is 5.32 Å². The van der Waals surface area contributed by atoms with E-state index in [9.17, 15) is 9.59 Å². The third-order valence-electron chi connectivity index (χ3n) is 3.89. The van der Waals surface area contributed by atoms with Crippen molar-refractivity contribution in [1.82, 2.24) is 5.32 Å². The summed E-state index contributed by atoms with van der Waals surface area (Å²) in [4.78, 5) is 22.6. The number of hydrogen-bond acceptors (Lipinski definition) is 4. The van der Waals surface area contributed by atoms with Gasteiger partial charge < -0.3 is 19.9 Å². The maximum Gasteiger partial charge on any atom is 0.341 e. The Balaban J connectivity index is 1.71. The number of nitrogens with one attached hydrogen (secondary N) is 1. The molecule has 0 heterocycles. The predicted molar refractivity (Wildman–Crippen MR) is 84.7 cm³/mol. The molecule has 1 saturated carbocycles. The van der Waals surface area contributed by atoms with Gasteiger partial charge in [-0.3, -0.25) is 4.79 Å². The van der Waals surface area contributed by atoms with E-state index in [1.165, 1.54) is 0 Å². The fourth-order valence-electron chi connectivity index (χ4n) is 2.65. The van der Waals surface area contributed by atoms with Gasteiger partial charge in [-0.15, -0.1) is 0 Å². The molecule has 23 heavy (non-hydrogen) atoms. The first kappa shape index (κ1) is 17.3. The van der Waals surface area contributed by atoms with Gasteiger partial charge in [0.05, 0.1) is 6.10 Å². The van der Waals surface area contributed by atoms with Crippen LogP contribution in [-0.2, 0) is 9.53 Å². The van der Waals surface area contributed by atoms with Gasteiger partial charge in [-0.2, -0.15) is 0 Å². The molecule has 0 aliphatic heterocycles. The van der Waals surface area contributed by atoms with Crippen molar-refractivity contribution in [3.05, 3.63) is 29.8 Å². The molecular formula is C17H23NO5. The van der Waals surface area contributed by atoms with Gasteiger partial charge in [0.25, 0.3) is 5.91 Å². The minimum absolute atomic E-state index is 0.175. The molecule has 126 valence electrons. The molecule has 1 aromatic rings. The lowest BCUT2D eigenvalue weighted by molar-refractivity contribution is -0.139. The lowest BCUT2D eigenvalue weighted by atomic mass is 9.80. The van der Waals surface area contributed by atoms with Gasteiger partial charge in [0.1, 0.15) is 5.75 Å². The highest BCUT2D eigenvalue weighted by atomic mass is 16.5. The lowest BCUT2D eigenvalue weighted by Crippen LogP contribution is -2.34. The van der Waals surface area contributed by atoms with Crippen LogP contribution in [0.1, 0.15) is 36.5 Å². The molecule has 6 heteroatoms. The highest BCUT2D eigenvalue weighted by molar-refractivity contribution is 5.94. The van der Waals surface area contributed by atoms with Crippen LogP contribution in [-0.4, -0.2) is 42.8 Å². The molecule has 1 fully saturated rings. The molecule has 0 spiro atoms. The zero-order valence-corrected chi connectivity index (χ0v) is 13.3. The Morgan fingerprint density at radius 3 is 2.83 bits per heavy atom. The van der Waals surface area contributed by atoms with Crippen molar-refractivity contribution in [3.8, 4) is 5.75 Å². The number of ether oxygens (including phenoxy) is 2. The Labute approximate surface area is 135 Å². The standard InChI is InChI=1S/C17H23NO5/c1-2-22-15-8-12(9-15)6-7-18-17(21)13-4-3-5-14(10-13)23-11-16(19)20/h3-5,10,12,15H,2,6-9,11H2,1H3,(H,18,21)(H,19,20). The van der Waals surface area contributed by atoms with Crippen LogP contribution in [0.2, 0.25) is 0 Å². The Kier molecular flexibility index (Phi) is 6.40. The first-order chi connectivity index (χ1) is 11.1. The zero-order valence-electron chi connectivity index (χ0n) is 13.3. The summed E-state index contributed by atoms with van der Waals surface area (Å²) in [7, 11) is 0. The maximum atomic E-state index is 12.1. The molecule has 1 amide bonds. The van der Waals surface area contributed by atoms with Gasteiger partial charge >= 0.3 is 5.97 Å². The highest BCUT2D eigenvalue weighted by Crippen LogP contribution is 2.32. The van der Waals surface area contributed by atoms with Crippen LogP contribution in [0.25, 0.3) is 0 Å². The van der Waals surface area contributed by atoms with Crippen LogP contribution in [0.15, 0.2) is 24.3 Å². The number of rotatable bonds is 9. The van der Waals surface area contributed by atoms with Gasteiger partial charge in [0.15, 0.2) is 6.61 Å². The Morgan fingerprint density at radius 2 is 2.13 bits per heavy atom. The van der Waals surface area contributed by atoms with Gasteiger partial charge in [0.2, 0.25) is 0 Å². The SMILES string of the molecule is CCOC1CC(CCNC(=O)c2cccc(OCC(=O)O)c2)C1. The molecule has 1 aliphatic carbocycles. The van der Waals surface area contributed by atoms with Crippen molar-refractivity contribution < 1.29 is 24.2 Å². The maximum absolute atomic E-state index is 12.1. The van der Waals surface area contributed by atoms with Crippen LogP contribution in [0.5, 0.6) is 5.75 Å². The highest BCUT2D eigenvalue weighted by Gasteiger charge is 2.28. The molecule has 2 N–H and O–H groups in total. The number of carboxylic acid groups (broad SMARTS) is 1. The fraction of sp³-hybridized carbons (Fsp3) is 0.529. The van der Waals surface area contributed by atoms with Crippen molar-refractivity contribution in [1.29, 1.82) is 0 Å². The van der Waals surface area contributed by atoms with Crippen molar-refractivity contribution in [3.63, 3.8) is 0 Å². The average Bonchev–Trinajstić information content (AvgIpc) is 2.50. The number of carboxylic acids is 1. The average molecular weight is 321 g/mol. The summed E-state index contributed by atoms with van der Waals surface area (Å²) in [6.07, 6.45) is 3.48. The Morgan fingerprint density at radius 1 is 1.35 bits per heavy atom. The summed E-state index contributed by atoms with van der Waals surface area (Å²) in [5.74, 6) is -0.229. The third-order valence-corrected chi connectivity index (χ3v) is 3.89. The quantitative estimate of drug-likeness (QED) is 0.727. The number of aliphatic carboxylic acids is 1. The van der Waals surface area contributed by atoms with Gasteiger partial charge in [-0.05, 0) is 50.3 Å². The molecule has 0 saturated heterocycles. The van der Waals surface area contributed by atoms with Gasteiger partial charge in [0, 0.05) is 18.7 Å². The molecule has 6 nitrogen and oxygen atoms in total. The lowest BCUT2D eigenvalue weighted by Gasteiger charge is -2.34. The monoisotopic (exact) mass is 321 g/mol. The minimum Gasteiger partial charge on any atom is -0.482 e. The summed E-state index contributed by atoms with van der Waals surface area (Å²) in [6.45, 7) is 2.96. The van der Waals surface area contributed by atoms with Crippen LogP contribution < -0.4 is 10.1 Å². The molecule has 0 radical (unpaired) electrons. The summed E-state index contributed by atoms with van der Waals surface area (Å²) < 4.78 is 10.6. The van der Waals surface area contributed by atoms with E-state index in [4.69, 9.17) is 14.6 Å². The van der Waals surface area contributed by atoms with Crippen LogP contribution in [0, 0.1) is 5.92 Å². The second-order valence-corrected chi connectivity index (χ2v) is 5.67.